The van der Waals surface area contributed by atoms with Crippen LogP contribution in [0.15, 0.2) is 22.8 Å². The van der Waals surface area contributed by atoms with E-state index in [0.717, 1.165) is 21.4 Å². The number of nitrogens with zero attached hydrogens (tertiary/aromatic N) is 3. The molecule has 0 aromatic carbocycles. The van der Waals surface area contributed by atoms with Crippen LogP contribution in [0, 0.1) is 13.8 Å². The normalized spacial score (nSPS) is 10.4. The van der Waals surface area contributed by atoms with E-state index in [4.69, 9.17) is 5.73 Å². The van der Waals surface area contributed by atoms with Crippen LogP contribution in [0.4, 0.5) is 5.82 Å². The van der Waals surface area contributed by atoms with E-state index < -0.39 is 0 Å². The Morgan fingerprint density at radius 3 is 2.50 bits per heavy atom. The van der Waals surface area contributed by atoms with Gasteiger partial charge in [0.25, 0.3) is 0 Å². The van der Waals surface area contributed by atoms with Gasteiger partial charge in [-0.25, -0.2) is 9.97 Å². The first kappa shape index (κ1) is 11.0. The molecular formula is C11H11BrN4. The Balaban J connectivity index is 2.52. The lowest BCUT2D eigenvalue weighted by Gasteiger charge is -2.05. The summed E-state index contributed by atoms with van der Waals surface area (Å²) in [7, 11) is 0. The van der Waals surface area contributed by atoms with Gasteiger partial charge in [-0.15, -0.1) is 0 Å². The van der Waals surface area contributed by atoms with Gasteiger partial charge < -0.3 is 5.73 Å². The molecule has 0 saturated carbocycles. The second-order valence-electron chi connectivity index (χ2n) is 3.52. The molecule has 0 unspecified atom stereocenters. The minimum Gasteiger partial charge on any atom is -0.383 e. The number of rotatable bonds is 1. The van der Waals surface area contributed by atoms with Gasteiger partial charge in [0.1, 0.15) is 5.82 Å². The van der Waals surface area contributed by atoms with E-state index in [0.29, 0.717) is 11.6 Å². The summed E-state index contributed by atoms with van der Waals surface area (Å²) in [6.07, 6.45) is 1.75. The van der Waals surface area contributed by atoms with Crippen molar-refractivity contribution in [2.24, 2.45) is 0 Å². The molecule has 2 aromatic heterocycles. The smallest absolute Gasteiger partial charge is 0.163 e. The third-order valence-corrected chi connectivity index (χ3v) is 3.19. The Labute approximate surface area is 102 Å². The number of hydrogen-bond acceptors (Lipinski definition) is 4. The summed E-state index contributed by atoms with van der Waals surface area (Å²) >= 11 is 3.33. The predicted molar refractivity (Wildman–Crippen MR) is 66.8 cm³/mol. The zero-order chi connectivity index (χ0) is 11.7. The Bertz CT molecular complexity index is 499. The monoisotopic (exact) mass is 278 g/mol. The third-order valence-electron chi connectivity index (χ3n) is 2.21. The quantitative estimate of drug-likeness (QED) is 0.871. The Morgan fingerprint density at radius 1 is 1.19 bits per heavy atom. The number of aryl methyl sites for hydroxylation is 2. The van der Waals surface area contributed by atoms with Crippen LogP contribution < -0.4 is 5.73 Å². The minimum absolute atomic E-state index is 0.447. The Kier molecular flexibility index (Phi) is 2.87. The number of hydrogen-bond donors (Lipinski definition) is 1. The number of halogens is 1. The molecule has 2 aromatic rings. The lowest BCUT2D eigenvalue weighted by Crippen LogP contribution is -2.00. The maximum atomic E-state index is 5.77. The molecule has 5 heteroatoms. The van der Waals surface area contributed by atoms with Gasteiger partial charge in [0.05, 0.1) is 10.2 Å². The molecule has 0 aliphatic carbocycles. The van der Waals surface area contributed by atoms with Crippen LogP contribution in [-0.4, -0.2) is 15.0 Å². The lowest BCUT2D eigenvalue weighted by molar-refractivity contribution is 1.09. The largest absolute Gasteiger partial charge is 0.383 e. The molecule has 0 radical (unpaired) electrons. The highest BCUT2D eigenvalue weighted by Crippen LogP contribution is 2.24. The van der Waals surface area contributed by atoms with Crippen LogP contribution in [0.1, 0.15) is 11.4 Å². The van der Waals surface area contributed by atoms with Crippen molar-refractivity contribution in [3.8, 4) is 11.4 Å². The maximum absolute atomic E-state index is 5.77. The van der Waals surface area contributed by atoms with Crippen LogP contribution in [-0.2, 0) is 0 Å². The van der Waals surface area contributed by atoms with Crippen molar-refractivity contribution in [1.29, 1.82) is 0 Å². The molecule has 4 nitrogen and oxygen atoms in total. The molecular weight excluding hydrogens is 268 g/mol. The zero-order valence-electron chi connectivity index (χ0n) is 9.03. The molecule has 2 rings (SSSR count). The van der Waals surface area contributed by atoms with Crippen molar-refractivity contribution in [2.45, 2.75) is 13.8 Å². The highest BCUT2D eigenvalue weighted by atomic mass is 79.9. The molecule has 2 N–H and O–H groups in total. The van der Waals surface area contributed by atoms with E-state index in [-0.39, 0.29) is 0 Å². The first-order valence-corrected chi connectivity index (χ1v) is 5.60. The van der Waals surface area contributed by atoms with Gasteiger partial charge >= 0.3 is 0 Å². The van der Waals surface area contributed by atoms with Gasteiger partial charge in [-0.3, -0.25) is 4.98 Å². The van der Waals surface area contributed by atoms with Gasteiger partial charge in [0.2, 0.25) is 0 Å². The summed E-state index contributed by atoms with van der Waals surface area (Å²) in [4.78, 5) is 12.8. The van der Waals surface area contributed by atoms with E-state index in [1.54, 1.807) is 6.20 Å². The number of pyridine rings is 1. The van der Waals surface area contributed by atoms with Crippen molar-refractivity contribution >= 4 is 21.7 Å². The molecule has 0 saturated heterocycles. The van der Waals surface area contributed by atoms with Gasteiger partial charge in [0, 0.05) is 17.5 Å². The number of aromatic nitrogens is 3. The van der Waals surface area contributed by atoms with E-state index in [9.17, 15) is 0 Å². The third kappa shape index (κ3) is 2.04. The lowest BCUT2D eigenvalue weighted by atomic mass is 10.2. The van der Waals surface area contributed by atoms with Crippen molar-refractivity contribution in [3.63, 3.8) is 0 Å². The van der Waals surface area contributed by atoms with Gasteiger partial charge in [-0.2, -0.15) is 0 Å². The molecule has 0 aliphatic rings. The number of anilines is 1. The van der Waals surface area contributed by atoms with Crippen LogP contribution >= 0.6 is 15.9 Å². The molecule has 0 fully saturated rings. The fraction of sp³-hybridized carbons (Fsp3) is 0.182. The predicted octanol–water partition coefficient (Wildman–Crippen LogP) is 2.50. The molecule has 0 atom stereocenters. The standard InChI is InChI=1S/C11H11BrN4/c1-6-3-4-8(5-14-6)11-15-7(2)9(12)10(13)16-11/h3-5H,1-2H3,(H2,13,15,16). The van der Waals surface area contributed by atoms with E-state index in [2.05, 4.69) is 30.9 Å². The highest BCUT2D eigenvalue weighted by Gasteiger charge is 2.08. The average Bonchev–Trinajstić information content (AvgIpc) is 2.26. The highest BCUT2D eigenvalue weighted by molar-refractivity contribution is 9.10. The van der Waals surface area contributed by atoms with Crippen molar-refractivity contribution in [2.75, 3.05) is 5.73 Å². The van der Waals surface area contributed by atoms with E-state index >= 15 is 0 Å². The van der Waals surface area contributed by atoms with Crippen LogP contribution in [0.25, 0.3) is 11.4 Å². The second-order valence-corrected chi connectivity index (χ2v) is 4.31. The first-order valence-electron chi connectivity index (χ1n) is 4.80. The van der Waals surface area contributed by atoms with Crippen molar-refractivity contribution < 1.29 is 0 Å². The summed E-state index contributed by atoms with van der Waals surface area (Å²) in [6.45, 7) is 3.82. The van der Waals surface area contributed by atoms with Crippen molar-refractivity contribution in [1.82, 2.24) is 15.0 Å². The molecule has 82 valence electrons. The average molecular weight is 279 g/mol. The van der Waals surface area contributed by atoms with Gasteiger partial charge in [-0.05, 0) is 41.9 Å². The number of nitrogens with two attached hydrogens (primary N) is 1. The van der Waals surface area contributed by atoms with E-state index in [1.807, 2.05) is 26.0 Å². The SMILES string of the molecule is Cc1ccc(-c2nc(C)c(Br)c(N)n2)cn1. The van der Waals surface area contributed by atoms with Crippen LogP contribution in [0.2, 0.25) is 0 Å². The van der Waals surface area contributed by atoms with E-state index in [1.165, 1.54) is 0 Å². The Hall–Kier alpha value is -1.49. The zero-order valence-corrected chi connectivity index (χ0v) is 10.6. The summed E-state index contributed by atoms with van der Waals surface area (Å²) in [5.41, 5.74) is 8.42. The summed E-state index contributed by atoms with van der Waals surface area (Å²) < 4.78 is 0.747. The minimum atomic E-state index is 0.447. The summed E-state index contributed by atoms with van der Waals surface area (Å²) in [5.74, 6) is 1.05. The molecule has 0 amide bonds. The molecule has 2 heterocycles. The second kappa shape index (κ2) is 4.17. The molecule has 0 spiro atoms. The summed E-state index contributed by atoms with van der Waals surface area (Å²) in [6, 6.07) is 3.86. The van der Waals surface area contributed by atoms with Crippen LogP contribution in [0.3, 0.4) is 0 Å². The van der Waals surface area contributed by atoms with Crippen molar-refractivity contribution in [3.05, 3.63) is 34.2 Å². The van der Waals surface area contributed by atoms with Gasteiger partial charge in [-0.1, -0.05) is 0 Å². The maximum Gasteiger partial charge on any atom is 0.163 e. The molecule has 16 heavy (non-hydrogen) atoms. The van der Waals surface area contributed by atoms with Gasteiger partial charge in [0.15, 0.2) is 5.82 Å². The fourth-order valence-corrected chi connectivity index (χ4v) is 1.49. The topological polar surface area (TPSA) is 64.7 Å². The summed E-state index contributed by atoms with van der Waals surface area (Å²) in [5, 5.41) is 0. The number of nitrogen functional groups attached to an aromatic ring is 1. The first-order chi connectivity index (χ1) is 7.58. The van der Waals surface area contributed by atoms with Crippen LogP contribution in [0.5, 0.6) is 0 Å². The Morgan fingerprint density at radius 2 is 1.94 bits per heavy atom. The molecule has 0 bridgehead atoms. The molecule has 0 aliphatic heterocycles. The fourth-order valence-electron chi connectivity index (χ4n) is 1.31.